The predicted octanol–water partition coefficient (Wildman–Crippen LogP) is 4.50. The Morgan fingerprint density at radius 3 is 2.48 bits per heavy atom. The lowest BCUT2D eigenvalue weighted by atomic mass is 10.2. The van der Waals surface area contributed by atoms with E-state index < -0.39 is 19.2 Å². The number of rotatable bonds is 8. The summed E-state index contributed by atoms with van der Waals surface area (Å²) in [6, 6.07) is 7.66. The molecule has 0 aliphatic carbocycles. The highest BCUT2D eigenvalue weighted by atomic mass is 31.2. The van der Waals surface area contributed by atoms with E-state index in [1.165, 1.54) is 12.1 Å². The van der Waals surface area contributed by atoms with E-state index in [4.69, 9.17) is 13.6 Å². The molecule has 1 unspecified atom stereocenters. The fraction of sp³-hybridized carbons (Fsp3) is 0.400. The predicted molar refractivity (Wildman–Crippen MR) is 84.9 cm³/mol. The normalized spacial score (nSPS) is 13.0. The number of hydrogen-bond acceptors (Lipinski definition) is 6. The van der Waals surface area contributed by atoms with Crippen LogP contribution < -0.4 is 5.32 Å². The van der Waals surface area contributed by atoms with Gasteiger partial charge in [-0.15, -0.1) is 0 Å². The second kappa shape index (κ2) is 7.73. The highest BCUT2D eigenvalue weighted by molar-refractivity contribution is 7.54. The van der Waals surface area contributed by atoms with Gasteiger partial charge < -0.3 is 18.9 Å². The molecule has 0 amide bonds. The summed E-state index contributed by atoms with van der Waals surface area (Å²) in [5.74, 6) is -0.643. The van der Waals surface area contributed by atoms with Crippen LogP contribution in [0.3, 0.4) is 0 Å². The van der Waals surface area contributed by atoms with Gasteiger partial charge in [0.2, 0.25) is 0 Å². The minimum Gasteiger partial charge on any atom is -0.360 e. The monoisotopic (exact) mass is 342 g/mol. The van der Waals surface area contributed by atoms with Crippen LogP contribution in [0, 0.1) is 12.7 Å². The lowest BCUT2D eigenvalue weighted by Crippen LogP contribution is -2.16. The lowest BCUT2D eigenvalue weighted by Gasteiger charge is -2.27. The van der Waals surface area contributed by atoms with Crippen LogP contribution in [-0.4, -0.2) is 18.4 Å². The van der Waals surface area contributed by atoms with Crippen LogP contribution >= 0.6 is 7.60 Å². The second-order valence-electron chi connectivity index (χ2n) is 4.77. The zero-order chi connectivity index (χ0) is 16.9. The minimum atomic E-state index is -3.67. The van der Waals surface area contributed by atoms with Crippen LogP contribution in [0.1, 0.15) is 31.0 Å². The molecule has 0 aliphatic rings. The summed E-state index contributed by atoms with van der Waals surface area (Å²) >= 11 is 0. The zero-order valence-electron chi connectivity index (χ0n) is 13.3. The SMILES string of the molecule is CCOP(=O)(OCC)C(Nc1cc(C)on1)c1ccccc1F. The van der Waals surface area contributed by atoms with Crippen molar-refractivity contribution in [2.75, 3.05) is 18.5 Å². The summed E-state index contributed by atoms with van der Waals surface area (Å²) in [6.45, 7) is 5.46. The third-order valence-corrected chi connectivity index (χ3v) is 5.32. The molecule has 0 saturated heterocycles. The van der Waals surface area contributed by atoms with E-state index in [0.717, 1.165) is 0 Å². The van der Waals surface area contributed by atoms with E-state index >= 15 is 0 Å². The molecule has 1 heterocycles. The van der Waals surface area contributed by atoms with Crippen LogP contribution in [0.2, 0.25) is 0 Å². The second-order valence-corrected chi connectivity index (χ2v) is 6.88. The number of aromatic nitrogens is 1. The number of hydrogen-bond donors (Lipinski definition) is 1. The first kappa shape index (κ1) is 17.7. The molecule has 2 rings (SSSR count). The number of benzene rings is 1. The van der Waals surface area contributed by atoms with Crippen LogP contribution in [0.25, 0.3) is 0 Å². The van der Waals surface area contributed by atoms with Crippen LogP contribution in [0.5, 0.6) is 0 Å². The Labute approximate surface area is 134 Å². The molecule has 1 aromatic carbocycles. The van der Waals surface area contributed by atoms with Gasteiger partial charge in [-0.25, -0.2) is 4.39 Å². The highest BCUT2D eigenvalue weighted by Crippen LogP contribution is 2.61. The van der Waals surface area contributed by atoms with E-state index in [9.17, 15) is 8.96 Å². The maximum absolute atomic E-state index is 14.2. The molecule has 8 heteroatoms. The topological polar surface area (TPSA) is 73.6 Å². The molecule has 0 saturated carbocycles. The van der Waals surface area contributed by atoms with E-state index in [0.29, 0.717) is 11.6 Å². The fourth-order valence-corrected chi connectivity index (χ4v) is 4.08. The van der Waals surface area contributed by atoms with Gasteiger partial charge in [0.25, 0.3) is 0 Å². The lowest BCUT2D eigenvalue weighted by molar-refractivity contribution is 0.213. The Morgan fingerprint density at radius 1 is 1.30 bits per heavy atom. The van der Waals surface area contributed by atoms with E-state index in [1.54, 1.807) is 39.0 Å². The van der Waals surface area contributed by atoms with Gasteiger partial charge in [-0.05, 0) is 26.8 Å². The first-order valence-corrected chi connectivity index (χ1v) is 8.94. The smallest absolute Gasteiger partial charge is 0.357 e. The fourth-order valence-electron chi connectivity index (χ4n) is 2.14. The average Bonchev–Trinajstić information content (AvgIpc) is 2.91. The van der Waals surface area contributed by atoms with Crippen molar-refractivity contribution in [2.45, 2.75) is 26.6 Å². The Morgan fingerprint density at radius 2 is 1.96 bits per heavy atom. The summed E-state index contributed by atoms with van der Waals surface area (Å²) in [7, 11) is -3.67. The first-order chi connectivity index (χ1) is 11.0. The van der Waals surface area contributed by atoms with Crippen molar-refractivity contribution in [3.8, 4) is 0 Å². The zero-order valence-corrected chi connectivity index (χ0v) is 14.2. The van der Waals surface area contributed by atoms with E-state index in [1.807, 2.05) is 0 Å². The van der Waals surface area contributed by atoms with Gasteiger partial charge in [-0.3, -0.25) is 4.57 Å². The molecule has 6 nitrogen and oxygen atoms in total. The van der Waals surface area contributed by atoms with Gasteiger partial charge in [0.15, 0.2) is 11.6 Å². The van der Waals surface area contributed by atoms with Crippen molar-refractivity contribution in [1.82, 2.24) is 5.16 Å². The number of aryl methyl sites for hydroxylation is 1. The van der Waals surface area contributed by atoms with Crippen molar-refractivity contribution in [3.05, 3.63) is 47.5 Å². The summed E-state index contributed by atoms with van der Waals surface area (Å²) < 4.78 is 43.1. The number of nitrogens with one attached hydrogen (secondary N) is 1. The van der Waals surface area contributed by atoms with Crippen LogP contribution in [-0.2, 0) is 13.6 Å². The molecule has 2 aromatic rings. The Kier molecular flexibility index (Phi) is 5.93. The van der Waals surface area contributed by atoms with Gasteiger partial charge in [-0.1, -0.05) is 23.4 Å². The van der Waals surface area contributed by atoms with E-state index in [2.05, 4.69) is 10.5 Å². The Bertz CT molecular complexity index is 682. The molecule has 1 aromatic heterocycles. The molecule has 0 fully saturated rings. The van der Waals surface area contributed by atoms with Gasteiger partial charge in [-0.2, -0.15) is 0 Å². The largest absolute Gasteiger partial charge is 0.360 e. The molecule has 0 spiro atoms. The Balaban J connectivity index is 2.45. The number of halogens is 1. The maximum atomic E-state index is 14.2. The molecule has 1 N–H and O–H groups in total. The van der Waals surface area contributed by atoms with Crippen LogP contribution in [0.4, 0.5) is 10.2 Å². The van der Waals surface area contributed by atoms with Gasteiger partial charge in [0.1, 0.15) is 11.6 Å². The van der Waals surface area contributed by atoms with Gasteiger partial charge >= 0.3 is 7.60 Å². The standard InChI is InChI=1S/C15H20FN2O4P/c1-4-20-23(19,21-5-2)15(12-8-6-7-9-13(12)16)17-14-10-11(3)22-18-14/h6-10,15H,4-5H2,1-3H3,(H,17,18). The summed E-state index contributed by atoms with van der Waals surface area (Å²) in [5.41, 5.74) is 0.179. The highest BCUT2D eigenvalue weighted by Gasteiger charge is 2.39. The minimum absolute atomic E-state index is 0.168. The number of anilines is 1. The quantitative estimate of drug-likeness (QED) is 0.712. The maximum Gasteiger partial charge on any atom is 0.357 e. The van der Waals surface area contributed by atoms with Crippen molar-refractivity contribution in [3.63, 3.8) is 0 Å². The van der Waals surface area contributed by atoms with Crippen LogP contribution in [0.15, 0.2) is 34.9 Å². The van der Waals surface area contributed by atoms with Crippen molar-refractivity contribution in [1.29, 1.82) is 0 Å². The van der Waals surface area contributed by atoms with Gasteiger partial charge in [0.05, 0.1) is 13.2 Å². The average molecular weight is 342 g/mol. The summed E-state index contributed by atoms with van der Waals surface area (Å²) in [4.78, 5) is 0. The summed E-state index contributed by atoms with van der Waals surface area (Å²) in [5, 5.41) is 6.71. The molecular weight excluding hydrogens is 322 g/mol. The van der Waals surface area contributed by atoms with Crippen molar-refractivity contribution >= 4 is 13.4 Å². The molecule has 126 valence electrons. The third kappa shape index (κ3) is 4.19. The molecule has 0 radical (unpaired) electrons. The van der Waals surface area contributed by atoms with Gasteiger partial charge in [0, 0.05) is 11.6 Å². The van der Waals surface area contributed by atoms with E-state index in [-0.39, 0.29) is 18.8 Å². The van der Waals surface area contributed by atoms with Crippen molar-refractivity contribution in [2.24, 2.45) is 0 Å². The molecular formula is C15H20FN2O4P. The number of nitrogens with zero attached hydrogens (tertiary/aromatic N) is 1. The molecule has 0 aliphatic heterocycles. The molecule has 0 bridgehead atoms. The third-order valence-electron chi connectivity index (χ3n) is 3.05. The Hall–Kier alpha value is -1.69. The summed E-state index contributed by atoms with van der Waals surface area (Å²) in [6.07, 6.45) is 0. The van der Waals surface area contributed by atoms with Crippen molar-refractivity contribution < 1.29 is 22.5 Å². The molecule has 23 heavy (non-hydrogen) atoms. The first-order valence-electron chi connectivity index (χ1n) is 7.33. The molecule has 1 atom stereocenters.